The number of likely N-dealkylation sites (tertiary alicyclic amines) is 1. The van der Waals surface area contributed by atoms with Gasteiger partial charge in [-0.05, 0) is 69.4 Å². The van der Waals surface area contributed by atoms with Crippen LogP contribution in [0.1, 0.15) is 23.2 Å². The summed E-state index contributed by atoms with van der Waals surface area (Å²) in [5, 5.41) is 7.22. The number of nitrogens with zero attached hydrogens (tertiary/aromatic N) is 6. The maximum Gasteiger partial charge on any atom is 0.268 e. The van der Waals surface area contributed by atoms with Gasteiger partial charge in [-0.15, -0.1) is 0 Å². The van der Waals surface area contributed by atoms with Crippen LogP contribution in [-0.2, 0) is 14.8 Å². The number of anilines is 3. The van der Waals surface area contributed by atoms with Crippen molar-refractivity contribution in [1.29, 1.82) is 0 Å². The first-order valence-electron chi connectivity index (χ1n) is 16.9. The molecule has 2 aromatic heterocycles. The SMILES string of the molecule is C=CC(=O)Nc1cc(C(=O)N2CCC(Nc3ncc(Cl)c(-c4cn(S(=O)(=O)c5ccccc5)c5ccccc45)n3)CC2)ccc1N(C)CCN(C)C. The Bertz CT molecular complexity index is 2220. The van der Waals surface area contributed by atoms with Gasteiger partial charge in [0.15, 0.2) is 0 Å². The van der Waals surface area contributed by atoms with E-state index in [2.05, 4.69) is 27.1 Å². The number of fused-ring (bicyclic) bond motifs is 1. The van der Waals surface area contributed by atoms with Crippen LogP contribution in [0.3, 0.4) is 0 Å². The van der Waals surface area contributed by atoms with Gasteiger partial charge >= 0.3 is 0 Å². The lowest BCUT2D eigenvalue weighted by Crippen LogP contribution is -2.42. The Morgan fingerprint density at radius 2 is 1.71 bits per heavy atom. The van der Waals surface area contributed by atoms with Gasteiger partial charge in [-0.3, -0.25) is 9.59 Å². The summed E-state index contributed by atoms with van der Waals surface area (Å²) in [6.07, 6.45) is 5.56. The Labute approximate surface area is 308 Å². The fourth-order valence-electron chi connectivity index (χ4n) is 6.22. The van der Waals surface area contributed by atoms with Gasteiger partial charge in [0.2, 0.25) is 11.9 Å². The van der Waals surface area contributed by atoms with Crippen LogP contribution in [0.15, 0.2) is 103 Å². The highest BCUT2D eigenvalue weighted by Gasteiger charge is 2.27. The molecule has 0 unspecified atom stereocenters. The highest BCUT2D eigenvalue weighted by Crippen LogP contribution is 2.36. The number of halogens is 1. The molecule has 270 valence electrons. The van der Waals surface area contributed by atoms with E-state index in [1.165, 1.54) is 16.2 Å². The van der Waals surface area contributed by atoms with Gasteiger partial charge in [-0.1, -0.05) is 54.6 Å². The monoisotopic (exact) mass is 740 g/mol. The first kappa shape index (κ1) is 36.5. The molecule has 3 heterocycles. The van der Waals surface area contributed by atoms with Gasteiger partial charge in [-0.2, -0.15) is 0 Å². The maximum atomic E-state index is 13.7. The highest BCUT2D eigenvalue weighted by atomic mass is 35.5. The predicted molar refractivity (Wildman–Crippen MR) is 207 cm³/mol. The smallest absolute Gasteiger partial charge is 0.268 e. The lowest BCUT2D eigenvalue weighted by Gasteiger charge is -2.33. The quantitative estimate of drug-likeness (QED) is 0.152. The molecule has 1 aliphatic heterocycles. The molecule has 3 aromatic carbocycles. The maximum absolute atomic E-state index is 13.7. The number of nitrogens with one attached hydrogen (secondary N) is 2. The van der Waals surface area contributed by atoms with Gasteiger partial charge in [0.25, 0.3) is 15.9 Å². The van der Waals surface area contributed by atoms with E-state index in [1.54, 1.807) is 65.7 Å². The molecule has 12 nitrogen and oxygen atoms in total. The second-order valence-electron chi connectivity index (χ2n) is 12.9. The van der Waals surface area contributed by atoms with Crippen molar-refractivity contribution in [3.63, 3.8) is 0 Å². The molecule has 0 radical (unpaired) electrons. The number of piperidine rings is 1. The van der Waals surface area contributed by atoms with Crippen LogP contribution in [0.5, 0.6) is 0 Å². The molecule has 1 fully saturated rings. The number of aromatic nitrogens is 3. The lowest BCUT2D eigenvalue weighted by atomic mass is 10.0. The molecule has 14 heteroatoms. The van der Waals surface area contributed by atoms with E-state index < -0.39 is 10.0 Å². The summed E-state index contributed by atoms with van der Waals surface area (Å²) in [5.74, 6) is -0.125. The summed E-state index contributed by atoms with van der Waals surface area (Å²) in [6.45, 7) is 6.12. The molecule has 0 atom stereocenters. The highest BCUT2D eigenvalue weighted by molar-refractivity contribution is 7.90. The fourth-order valence-corrected chi connectivity index (χ4v) is 7.80. The van der Waals surface area contributed by atoms with Crippen LogP contribution >= 0.6 is 11.6 Å². The number of rotatable bonds is 12. The molecule has 52 heavy (non-hydrogen) atoms. The molecule has 1 saturated heterocycles. The topological polar surface area (TPSA) is 133 Å². The minimum atomic E-state index is -3.90. The zero-order valence-corrected chi connectivity index (χ0v) is 30.9. The van der Waals surface area contributed by atoms with E-state index in [9.17, 15) is 18.0 Å². The lowest BCUT2D eigenvalue weighted by molar-refractivity contribution is -0.111. The molecule has 2 amide bonds. The van der Waals surface area contributed by atoms with Gasteiger partial charge in [0.05, 0.1) is 38.7 Å². The van der Waals surface area contributed by atoms with Crippen LogP contribution in [0.4, 0.5) is 17.3 Å². The van der Waals surface area contributed by atoms with Crippen molar-refractivity contribution in [2.45, 2.75) is 23.8 Å². The summed E-state index contributed by atoms with van der Waals surface area (Å²) in [7, 11) is 2.05. The number of hydrogen-bond acceptors (Lipinski definition) is 9. The molecule has 2 N–H and O–H groups in total. The summed E-state index contributed by atoms with van der Waals surface area (Å²) in [5.41, 5.74) is 3.30. The second kappa shape index (κ2) is 15.6. The van der Waals surface area contributed by atoms with Crippen molar-refractivity contribution >= 4 is 61.7 Å². The van der Waals surface area contributed by atoms with Gasteiger partial charge in [-0.25, -0.2) is 22.4 Å². The average Bonchev–Trinajstić information content (AvgIpc) is 3.55. The Balaban J connectivity index is 1.17. The second-order valence-corrected chi connectivity index (χ2v) is 15.1. The molecular weight excluding hydrogens is 700 g/mol. The fraction of sp³-hybridized carbons (Fsp3) is 0.263. The van der Waals surface area contributed by atoms with E-state index in [4.69, 9.17) is 16.6 Å². The van der Waals surface area contributed by atoms with Crippen LogP contribution < -0.4 is 15.5 Å². The molecule has 5 aromatic rings. The third-order valence-corrected chi connectivity index (χ3v) is 11.0. The van der Waals surface area contributed by atoms with Crippen molar-refractivity contribution < 1.29 is 18.0 Å². The number of carbonyl (C=O) groups excluding carboxylic acids is 2. The predicted octanol–water partition coefficient (Wildman–Crippen LogP) is 5.83. The van der Waals surface area contributed by atoms with Crippen LogP contribution in [0, 0.1) is 0 Å². The van der Waals surface area contributed by atoms with Crippen molar-refractivity contribution in [2.75, 3.05) is 62.9 Å². The van der Waals surface area contributed by atoms with E-state index >= 15 is 0 Å². The normalized spacial score (nSPS) is 13.7. The van der Waals surface area contributed by atoms with Crippen molar-refractivity contribution in [2.24, 2.45) is 0 Å². The van der Waals surface area contributed by atoms with E-state index in [0.717, 1.165) is 18.8 Å². The van der Waals surface area contributed by atoms with Crippen molar-refractivity contribution in [3.8, 4) is 11.3 Å². The van der Waals surface area contributed by atoms with Crippen LogP contribution in [0.25, 0.3) is 22.2 Å². The molecule has 0 bridgehead atoms. The number of para-hydroxylation sites is 1. The summed E-state index contributed by atoms with van der Waals surface area (Å²) in [4.78, 5) is 41.2. The summed E-state index contributed by atoms with van der Waals surface area (Å²) >= 11 is 6.64. The van der Waals surface area contributed by atoms with Gasteiger partial charge < -0.3 is 25.3 Å². The molecular formula is C38H41ClN8O4S. The number of carbonyl (C=O) groups is 2. The van der Waals surface area contributed by atoms with E-state index in [0.29, 0.717) is 65.3 Å². The van der Waals surface area contributed by atoms with Crippen LogP contribution in [-0.4, -0.2) is 97.3 Å². The Morgan fingerprint density at radius 1 is 1.00 bits per heavy atom. The molecule has 6 rings (SSSR count). The van der Waals surface area contributed by atoms with Crippen molar-refractivity contribution in [3.05, 3.63) is 108 Å². The first-order valence-corrected chi connectivity index (χ1v) is 18.7. The molecule has 0 saturated carbocycles. The molecule has 0 spiro atoms. The number of likely N-dealkylation sites (N-methyl/N-ethyl adjacent to an activating group) is 2. The summed E-state index contributed by atoms with van der Waals surface area (Å²) in [6, 6.07) is 20.8. The van der Waals surface area contributed by atoms with Crippen molar-refractivity contribution in [1.82, 2.24) is 23.7 Å². The zero-order valence-electron chi connectivity index (χ0n) is 29.3. The standard InChI is InChI=1S/C38H41ClN8O4S/c1-5-35(48)42-32-23-26(15-16-34(32)45(4)22-21-44(2)3)37(49)46-19-17-27(18-20-46)41-38-40-24-31(39)36(43-38)30-25-47(33-14-10-9-13-29(30)33)52(50,51)28-11-7-6-8-12-28/h5-16,23-25,27H,1,17-22H2,2-4H3,(H,42,48)(H,40,41,43). The Hall–Kier alpha value is -5.24. The Morgan fingerprint density at radius 3 is 2.42 bits per heavy atom. The zero-order chi connectivity index (χ0) is 37.0. The first-order chi connectivity index (χ1) is 25.0. The largest absolute Gasteiger partial charge is 0.372 e. The van der Waals surface area contributed by atoms with Gasteiger partial charge in [0, 0.05) is 62.0 Å². The molecule has 0 aliphatic carbocycles. The molecule has 1 aliphatic rings. The Kier molecular flexibility index (Phi) is 10.9. The minimum Gasteiger partial charge on any atom is -0.372 e. The van der Waals surface area contributed by atoms with E-state index in [-0.39, 0.29) is 27.8 Å². The number of hydrogen-bond donors (Lipinski definition) is 2. The summed E-state index contributed by atoms with van der Waals surface area (Å²) < 4.78 is 28.6. The minimum absolute atomic E-state index is 0.0203. The average molecular weight is 741 g/mol. The van der Waals surface area contributed by atoms with E-state index in [1.807, 2.05) is 44.2 Å². The van der Waals surface area contributed by atoms with Gasteiger partial charge in [0.1, 0.15) is 0 Å². The third-order valence-electron chi connectivity index (χ3n) is 9.07. The third kappa shape index (κ3) is 7.81. The van der Waals surface area contributed by atoms with Crippen LogP contribution in [0.2, 0.25) is 5.02 Å². The number of benzene rings is 3. The number of amides is 2.